The molecule has 2 aromatic carbocycles. The van der Waals surface area contributed by atoms with Gasteiger partial charge in [0, 0.05) is 5.56 Å². The van der Waals surface area contributed by atoms with Gasteiger partial charge in [-0.3, -0.25) is 0 Å². The first-order valence-corrected chi connectivity index (χ1v) is 5.95. The van der Waals surface area contributed by atoms with Crippen molar-refractivity contribution in [1.82, 2.24) is 0 Å². The van der Waals surface area contributed by atoms with Crippen LogP contribution in [0.1, 0.15) is 16.7 Å². The molecule has 1 N–H and O–H groups in total. The first-order chi connectivity index (χ1) is 9.36. The van der Waals surface area contributed by atoms with Gasteiger partial charge in [-0.2, -0.15) is 13.2 Å². The van der Waals surface area contributed by atoms with Gasteiger partial charge in [0.1, 0.15) is 18.1 Å². The summed E-state index contributed by atoms with van der Waals surface area (Å²) in [6.45, 7) is 1.70. The fourth-order valence-corrected chi connectivity index (χ4v) is 1.75. The molecule has 0 amide bonds. The third-order valence-corrected chi connectivity index (χ3v) is 2.81. The number of phenolic OH excluding ortho intramolecular Hbond substituents is 1. The van der Waals surface area contributed by atoms with Crippen molar-refractivity contribution in [2.45, 2.75) is 19.7 Å². The number of hydrogen-bond acceptors (Lipinski definition) is 2. The Morgan fingerprint density at radius 1 is 1.05 bits per heavy atom. The maximum absolute atomic E-state index is 12.8. The molecule has 0 unspecified atom stereocenters. The minimum absolute atomic E-state index is 0.0177. The molecule has 20 heavy (non-hydrogen) atoms. The van der Waals surface area contributed by atoms with E-state index in [0.29, 0.717) is 11.8 Å². The van der Waals surface area contributed by atoms with Crippen LogP contribution in [0.4, 0.5) is 13.2 Å². The van der Waals surface area contributed by atoms with E-state index in [1.807, 2.05) is 19.1 Å². The summed E-state index contributed by atoms with van der Waals surface area (Å²) >= 11 is 0. The molecule has 0 aliphatic carbocycles. The summed E-state index contributed by atoms with van der Waals surface area (Å²) in [6.07, 6.45) is -4.52. The summed E-state index contributed by atoms with van der Waals surface area (Å²) in [7, 11) is 0. The molecule has 0 saturated heterocycles. The summed E-state index contributed by atoms with van der Waals surface area (Å²) in [5.74, 6) is 0.0770. The van der Waals surface area contributed by atoms with Crippen molar-refractivity contribution >= 4 is 0 Å². The van der Waals surface area contributed by atoms with Crippen LogP contribution >= 0.6 is 0 Å². The molecule has 0 saturated carbocycles. The van der Waals surface area contributed by atoms with E-state index in [-0.39, 0.29) is 12.2 Å². The summed E-state index contributed by atoms with van der Waals surface area (Å²) in [4.78, 5) is 0. The van der Waals surface area contributed by atoms with E-state index in [1.165, 1.54) is 12.1 Å². The standard InChI is InChI=1S/C15H13F3O2/c1-10-2-6-13(7-3-10)20-9-11-4-5-12(19)8-14(11)15(16,17)18/h2-8,19H,9H2,1H3. The second-order valence-electron chi connectivity index (χ2n) is 4.44. The number of aromatic hydroxyl groups is 1. The van der Waals surface area contributed by atoms with Gasteiger partial charge in [0.25, 0.3) is 0 Å². The lowest BCUT2D eigenvalue weighted by molar-refractivity contribution is -0.138. The average molecular weight is 282 g/mol. The van der Waals surface area contributed by atoms with Gasteiger partial charge in [0.2, 0.25) is 0 Å². The van der Waals surface area contributed by atoms with Crippen LogP contribution < -0.4 is 4.74 Å². The number of alkyl halides is 3. The highest BCUT2D eigenvalue weighted by molar-refractivity contribution is 5.37. The maximum Gasteiger partial charge on any atom is 0.416 e. The Bertz CT molecular complexity index is 589. The molecule has 2 rings (SSSR count). The predicted molar refractivity (Wildman–Crippen MR) is 68.6 cm³/mol. The predicted octanol–water partition coefficient (Wildman–Crippen LogP) is 4.30. The molecule has 0 aromatic heterocycles. The number of hydrogen-bond donors (Lipinski definition) is 1. The number of halogens is 3. The fraction of sp³-hybridized carbons (Fsp3) is 0.200. The number of benzene rings is 2. The molecule has 2 nitrogen and oxygen atoms in total. The number of phenols is 1. The van der Waals surface area contributed by atoms with Crippen molar-refractivity contribution < 1.29 is 23.0 Å². The number of aryl methyl sites for hydroxylation is 1. The van der Waals surface area contributed by atoms with E-state index in [2.05, 4.69) is 0 Å². The summed E-state index contributed by atoms with van der Waals surface area (Å²) < 4.78 is 43.9. The lowest BCUT2D eigenvalue weighted by Crippen LogP contribution is -2.10. The van der Waals surface area contributed by atoms with Gasteiger partial charge in [0.15, 0.2) is 0 Å². The zero-order chi connectivity index (χ0) is 14.8. The van der Waals surface area contributed by atoms with Crippen molar-refractivity contribution in [3.8, 4) is 11.5 Å². The highest BCUT2D eigenvalue weighted by Gasteiger charge is 2.33. The maximum atomic E-state index is 12.8. The summed E-state index contributed by atoms with van der Waals surface area (Å²) in [5.41, 5.74) is 0.137. The molecule has 0 fully saturated rings. The van der Waals surface area contributed by atoms with E-state index in [9.17, 15) is 18.3 Å². The zero-order valence-corrected chi connectivity index (χ0v) is 10.7. The van der Waals surface area contributed by atoms with Crippen molar-refractivity contribution in [2.24, 2.45) is 0 Å². The Morgan fingerprint density at radius 3 is 2.30 bits per heavy atom. The van der Waals surface area contributed by atoms with Crippen LogP contribution in [-0.2, 0) is 12.8 Å². The average Bonchev–Trinajstić information content (AvgIpc) is 2.38. The van der Waals surface area contributed by atoms with Gasteiger partial charge in [-0.05, 0) is 31.2 Å². The van der Waals surface area contributed by atoms with Gasteiger partial charge in [0.05, 0.1) is 5.56 Å². The van der Waals surface area contributed by atoms with E-state index >= 15 is 0 Å². The van der Waals surface area contributed by atoms with Gasteiger partial charge in [-0.25, -0.2) is 0 Å². The van der Waals surface area contributed by atoms with Crippen LogP contribution in [0.15, 0.2) is 42.5 Å². The number of rotatable bonds is 3. The second-order valence-corrected chi connectivity index (χ2v) is 4.44. The Labute approximate surface area is 114 Å². The Kier molecular flexibility index (Phi) is 3.88. The molecule has 5 heteroatoms. The molecule has 0 heterocycles. The second kappa shape index (κ2) is 5.45. The van der Waals surface area contributed by atoms with E-state index < -0.39 is 17.5 Å². The molecule has 0 bridgehead atoms. The summed E-state index contributed by atoms with van der Waals surface area (Å²) in [5, 5.41) is 9.18. The highest BCUT2D eigenvalue weighted by atomic mass is 19.4. The minimum atomic E-state index is -4.52. The normalized spacial score (nSPS) is 11.4. The first-order valence-electron chi connectivity index (χ1n) is 5.95. The molecular formula is C15H13F3O2. The van der Waals surface area contributed by atoms with Gasteiger partial charge < -0.3 is 9.84 Å². The molecule has 0 atom stereocenters. The molecule has 0 aliphatic heterocycles. The quantitative estimate of drug-likeness (QED) is 0.909. The van der Waals surface area contributed by atoms with Crippen molar-refractivity contribution in [2.75, 3.05) is 0 Å². The minimum Gasteiger partial charge on any atom is -0.508 e. The highest BCUT2D eigenvalue weighted by Crippen LogP contribution is 2.34. The molecule has 2 aromatic rings. The third kappa shape index (κ3) is 3.44. The molecule has 0 aliphatic rings. The van der Waals surface area contributed by atoms with E-state index in [4.69, 9.17) is 4.74 Å². The molecule has 0 spiro atoms. The van der Waals surface area contributed by atoms with Gasteiger partial charge >= 0.3 is 6.18 Å². The third-order valence-electron chi connectivity index (χ3n) is 2.81. The zero-order valence-electron chi connectivity index (χ0n) is 10.7. The monoisotopic (exact) mass is 282 g/mol. The number of ether oxygens (including phenoxy) is 1. The van der Waals surface area contributed by atoms with E-state index in [1.54, 1.807) is 12.1 Å². The Hall–Kier alpha value is -2.17. The SMILES string of the molecule is Cc1ccc(OCc2ccc(O)cc2C(F)(F)F)cc1. The van der Waals surface area contributed by atoms with Crippen molar-refractivity contribution in [3.63, 3.8) is 0 Å². The Morgan fingerprint density at radius 2 is 1.70 bits per heavy atom. The molecular weight excluding hydrogens is 269 g/mol. The smallest absolute Gasteiger partial charge is 0.416 e. The van der Waals surface area contributed by atoms with Crippen LogP contribution in [0, 0.1) is 6.92 Å². The van der Waals surface area contributed by atoms with Crippen LogP contribution in [0.2, 0.25) is 0 Å². The van der Waals surface area contributed by atoms with Gasteiger partial charge in [-0.15, -0.1) is 0 Å². The van der Waals surface area contributed by atoms with Crippen LogP contribution in [0.5, 0.6) is 11.5 Å². The van der Waals surface area contributed by atoms with Crippen LogP contribution in [0.3, 0.4) is 0 Å². The lowest BCUT2D eigenvalue weighted by atomic mass is 10.1. The topological polar surface area (TPSA) is 29.5 Å². The lowest BCUT2D eigenvalue weighted by Gasteiger charge is -2.14. The first kappa shape index (κ1) is 14.2. The fourth-order valence-electron chi connectivity index (χ4n) is 1.75. The van der Waals surface area contributed by atoms with E-state index in [0.717, 1.165) is 5.56 Å². The molecule has 0 radical (unpaired) electrons. The van der Waals surface area contributed by atoms with Crippen LogP contribution in [-0.4, -0.2) is 5.11 Å². The molecule has 106 valence electrons. The largest absolute Gasteiger partial charge is 0.508 e. The summed E-state index contributed by atoms with van der Waals surface area (Å²) in [6, 6.07) is 10.2. The Balaban J connectivity index is 2.19. The van der Waals surface area contributed by atoms with Crippen molar-refractivity contribution in [3.05, 3.63) is 59.2 Å². The van der Waals surface area contributed by atoms with Crippen molar-refractivity contribution in [1.29, 1.82) is 0 Å². The van der Waals surface area contributed by atoms with Gasteiger partial charge in [-0.1, -0.05) is 23.8 Å². The van der Waals surface area contributed by atoms with Crippen LogP contribution in [0.25, 0.3) is 0 Å².